The normalized spacial score (nSPS) is 12.7. The van der Waals surface area contributed by atoms with Crippen molar-refractivity contribution in [2.24, 2.45) is 0 Å². The topological polar surface area (TPSA) is 124 Å². The average molecular weight is 364 g/mol. The highest BCUT2D eigenvalue weighted by molar-refractivity contribution is 5.97. The molecule has 9 heteroatoms. The minimum atomic E-state index is -0.372. The first-order valence-electron chi connectivity index (χ1n) is 8.17. The van der Waals surface area contributed by atoms with E-state index in [0.717, 1.165) is 10.2 Å². The number of carbonyl (C=O) groups excluding carboxylic acids is 2. The summed E-state index contributed by atoms with van der Waals surface area (Å²) in [5, 5.41) is 9.82. The Morgan fingerprint density at radius 2 is 2.15 bits per heavy atom. The summed E-state index contributed by atoms with van der Waals surface area (Å²) in [5.74, 6) is 0.112. The number of nitrogens with one attached hydrogen (secondary N) is 2. The Kier molecular flexibility index (Phi) is 3.96. The summed E-state index contributed by atoms with van der Waals surface area (Å²) in [6.07, 6.45) is 0. The fourth-order valence-corrected chi connectivity index (χ4v) is 2.72. The van der Waals surface area contributed by atoms with Crippen molar-refractivity contribution in [2.45, 2.75) is 6.92 Å². The number of benzene rings is 2. The molecule has 0 spiro atoms. The summed E-state index contributed by atoms with van der Waals surface area (Å²) >= 11 is 0. The van der Waals surface area contributed by atoms with Crippen LogP contribution >= 0.6 is 0 Å². The van der Waals surface area contributed by atoms with Crippen LogP contribution in [-0.2, 0) is 4.79 Å². The summed E-state index contributed by atoms with van der Waals surface area (Å²) in [5.41, 5.74) is 8.42. The highest BCUT2D eigenvalue weighted by Crippen LogP contribution is 2.31. The SMILES string of the molecule is Cc1cccc(C(=O)n2nc(Nc3ccc4c(c3)NC(=O)CO4)nc2N)c1. The van der Waals surface area contributed by atoms with Gasteiger partial charge >= 0.3 is 0 Å². The lowest BCUT2D eigenvalue weighted by Gasteiger charge is -2.18. The molecular weight excluding hydrogens is 348 g/mol. The molecule has 0 fully saturated rings. The molecule has 27 heavy (non-hydrogen) atoms. The number of rotatable bonds is 3. The number of nitrogen functional groups attached to an aromatic ring is 1. The van der Waals surface area contributed by atoms with Gasteiger partial charge in [0.1, 0.15) is 5.75 Å². The maximum atomic E-state index is 12.6. The van der Waals surface area contributed by atoms with Crippen LogP contribution < -0.4 is 21.1 Å². The molecule has 9 nitrogen and oxygen atoms in total. The molecule has 3 aromatic rings. The Labute approximate surface area is 154 Å². The Morgan fingerprint density at radius 3 is 2.96 bits per heavy atom. The van der Waals surface area contributed by atoms with E-state index in [1.165, 1.54) is 0 Å². The molecule has 1 aromatic heterocycles. The molecule has 0 unspecified atom stereocenters. The van der Waals surface area contributed by atoms with Crippen LogP contribution in [0.2, 0.25) is 0 Å². The Bertz CT molecular complexity index is 1060. The minimum absolute atomic E-state index is 0.0106. The predicted octanol–water partition coefficient (Wildman–Crippen LogP) is 1.93. The van der Waals surface area contributed by atoms with Gasteiger partial charge in [-0.1, -0.05) is 17.7 Å². The Hall–Kier alpha value is -3.88. The van der Waals surface area contributed by atoms with Crippen LogP contribution in [0.4, 0.5) is 23.3 Å². The van der Waals surface area contributed by atoms with E-state index in [1.54, 1.807) is 36.4 Å². The van der Waals surface area contributed by atoms with Crippen molar-refractivity contribution in [3.8, 4) is 5.75 Å². The number of hydrogen-bond donors (Lipinski definition) is 3. The zero-order valence-electron chi connectivity index (χ0n) is 14.4. The number of nitrogens with zero attached hydrogens (tertiary/aromatic N) is 3. The number of ether oxygens (including phenoxy) is 1. The molecule has 136 valence electrons. The second-order valence-corrected chi connectivity index (χ2v) is 6.05. The van der Waals surface area contributed by atoms with Gasteiger partial charge in [-0.05, 0) is 37.3 Å². The highest BCUT2D eigenvalue weighted by atomic mass is 16.5. The third-order valence-electron chi connectivity index (χ3n) is 3.96. The molecule has 0 atom stereocenters. The van der Waals surface area contributed by atoms with Gasteiger partial charge in [-0.15, -0.1) is 5.10 Å². The molecule has 0 bridgehead atoms. The van der Waals surface area contributed by atoms with Gasteiger partial charge in [0, 0.05) is 11.3 Å². The van der Waals surface area contributed by atoms with E-state index in [2.05, 4.69) is 20.7 Å². The van der Waals surface area contributed by atoms with Crippen molar-refractivity contribution in [1.29, 1.82) is 0 Å². The lowest BCUT2D eigenvalue weighted by Crippen LogP contribution is -2.25. The monoisotopic (exact) mass is 364 g/mol. The van der Waals surface area contributed by atoms with Crippen LogP contribution in [0.5, 0.6) is 5.75 Å². The molecule has 4 rings (SSSR count). The van der Waals surface area contributed by atoms with Crippen LogP contribution in [-0.4, -0.2) is 33.2 Å². The first-order valence-corrected chi connectivity index (χ1v) is 8.17. The quantitative estimate of drug-likeness (QED) is 0.648. The van der Waals surface area contributed by atoms with E-state index in [9.17, 15) is 9.59 Å². The van der Waals surface area contributed by atoms with Gasteiger partial charge in [-0.3, -0.25) is 9.59 Å². The van der Waals surface area contributed by atoms with E-state index in [0.29, 0.717) is 22.7 Å². The van der Waals surface area contributed by atoms with E-state index in [4.69, 9.17) is 10.5 Å². The molecule has 4 N–H and O–H groups in total. The van der Waals surface area contributed by atoms with Gasteiger partial charge in [0.25, 0.3) is 11.8 Å². The second kappa shape index (κ2) is 6.45. The fraction of sp³-hybridized carbons (Fsp3) is 0.111. The van der Waals surface area contributed by atoms with Crippen LogP contribution in [0.1, 0.15) is 15.9 Å². The van der Waals surface area contributed by atoms with Gasteiger partial charge in [-0.2, -0.15) is 9.67 Å². The number of fused-ring (bicyclic) bond motifs is 1. The molecule has 1 aliphatic rings. The molecule has 0 saturated carbocycles. The maximum Gasteiger partial charge on any atom is 0.281 e. The van der Waals surface area contributed by atoms with Gasteiger partial charge in [-0.25, -0.2) is 0 Å². The molecule has 0 aliphatic carbocycles. The van der Waals surface area contributed by atoms with Crippen molar-refractivity contribution in [2.75, 3.05) is 23.0 Å². The van der Waals surface area contributed by atoms with E-state index < -0.39 is 0 Å². The lowest BCUT2D eigenvalue weighted by atomic mass is 10.1. The zero-order valence-corrected chi connectivity index (χ0v) is 14.4. The van der Waals surface area contributed by atoms with Gasteiger partial charge in [0.2, 0.25) is 11.9 Å². The number of carbonyl (C=O) groups is 2. The second-order valence-electron chi connectivity index (χ2n) is 6.05. The number of nitrogens with two attached hydrogens (primary N) is 1. The van der Waals surface area contributed by atoms with Crippen LogP contribution in [0.25, 0.3) is 0 Å². The standard InChI is InChI=1S/C18H16N6O3/c1-10-3-2-4-11(7-10)16(26)24-17(19)22-18(23-24)20-12-5-6-14-13(8-12)21-15(25)9-27-14/h2-8H,9H2,1H3,(H,21,25)(H3,19,20,22,23). The maximum absolute atomic E-state index is 12.6. The van der Waals surface area contributed by atoms with E-state index in [1.807, 2.05) is 13.0 Å². The third-order valence-corrected chi connectivity index (χ3v) is 3.96. The van der Waals surface area contributed by atoms with Crippen molar-refractivity contribution in [3.63, 3.8) is 0 Å². The van der Waals surface area contributed by atoms with Crippen molar-refractivity contribution < 1.29 is 14.3 Å². The highest BCUT2D eigenvalue weighted by Gasteiger charge is 2.18. The largest absolute Gasteiger partial charge is 0.482 e. The number of hydrogen-bond acceptors (Lipinski definition) is 7. The number of anilines is 4. The van der Waals surface area contributed by atoms with Crippen molar-refractivity contribution in [3.05, 3.63) is 53.6 Å². The van der Waals surface area contributed by atoms with Crippen LogP contribution in [0.15, 0.2) is 42.5 Å². The van der Waals surface area contributed by atoms with Gasteiger partial charge < -0.3 is 21.1 Å². The summed E-state index contributed by atoms with van der Waals surface area (Å²) in [7, 11) is 0. The molecule has 0 saturated heterocycles. The molecule has 1 amide bonds. The predicted molar refractivity (Wildman–Crippen MR) is 99.2 cm³/mol. The Balaban J connectivity index is 1.58. The summed E-state index contributed by atoms with van der Waals surface area (Å²) in [6.45, 7) is 1.89. The van der Waals surface area contributed by atoms with E-state index >= 15 is 0 Å². The zero-order chi connectivity index (χ0) is 19.0. The number of aromatic nitrogens is 3. The number of amides is 1. The summed E-state index contributed by atoms with van der Waals surface area (Å²) in [6, 6.07) is 12.3. The van der Waals surface area contributed by atoms with E-state index in [-0.39, 0.29) is 30.3 Å². The molecule has 1 aliphatic heterocycles. The fourth-order valence-electron chi connectivity index (χ4n) is 2.72. The third kappa shape index (κ3) is 3.30. The molecule has 2 aromatic carbocycles. The summed E-state index contributed by atoms with van der Waals surface area (Å²) in [4.78, 5) is 28.1. The first kappa shape index (κ1) is 16.6. The minimum Gasteiger partial charge on any atom is -0.482 e. The van der Waals surface area contributed by atoms with Gasteiger partial charge in [0.05, 0.1) is 5.69 Å². The molecular formula is C18H16N6O3. The Morgan fingerprint density at radius 1 is 1.30 bits per heavy atom. The summed E-state index contributed by atoms with van der Waals surface area (Å²) < 4.78 is 6.36. The van der Waals surface area contributed by atoms with Gasteiger partial charge in [0.15, 0.2) is 6.61 Å². The number of aryl methyl sites for hydroxylation is 1. The molecule has 2 heterocycles. The van der Waals surface area contributed by atoms with Crippen LogP contribution in [0, 0.1) is 6.92 Å². The lowest BCUT2D eigenvalue weighted by molar-refractivity contribution is -0.118. The van der Waals surface area contributed by atoms with Crippen molar-refractivity contribution >= 4 is 35.1 Å². The molecule has 0 radical (unpaired) electrons. The van der Waals surface area contributed by atoms with Crippen molar-refractivity contribution in [1.82, 2.24) is 14.8 Å². The first-order chi connectivity index (χ1) is 13.0. The smallest absolute Gasteiger partial charge is 0.281 e. The van der Waals surface area contributed by atoms with Crippen LogP contribution in [0.3, 0.4) is 0 Å². The average Bonchev–Trinajstić information content (AvgIpc) is 3.01.